The molecule has 1 saturated heterocycles. The molecule has 1 aromatic rings. The third kappa shape index (κ3) is 3.19. The van der Waals surface area contributed by atoms with Crippen LogP contribution in [0.25, 0.3) is 0 Å². The Bertz CT molecular complexity index is 567. The van der Waals surface area contributed by atoms with Gasteiger partial charge in [-0.05, 0) is 18.9 Å². The Hall–Kier alpha value is -1.83. The van der Waals surface area contributed by atoms with Crippen LogP contribution in [0.1, 0.15) is 18.4 Å². The molecule has 1 N–H and O–H groups in total. The molecule has 8 heteroatoms. The Morgan fingerprint density at radius 2 is 2.10 bits per heavy atom. The summed E-state index contributed by atoms with van der Waals surface area (Å²) < 4.78 is 43.7. The number of nitrogens with zero attached hydrogens (tertiary/aromatic N) is 1. The molecule has 0 radical (unpaired) electrons. The van der Waals surface area contributed by atoms with E-state index < -0.39 is 35.5 Å². The summed E-state index contributed by atoms with van der Waals surface area (Å²) in [6, 6.07) is 1.56. The van der Waals surface area contributed by atoms with E-state index in [0.29, 0.717) is 12.5 Å². The first-order valence-electron chi connectivity index (χ1n) is 5.93. The van der Waals surface area contributed by atoms with Crippen LogP contribution >= 0.6 is 0 Å². The first kappa shape index (κ1) is 14.6. The van der Waals surface area contributed by atoms with E-state index >= 15 is 0 Å². The van der Waals surface area contributed by atoms with E-state index in [0.717, 1.165) is 16.8 Å². The smallest absolute Gasteiger partial charge is 0.417 e. The molecule has 2 heterocycles. The van der Waals surface area contributed by atoms with Crippen molar-refractivity contribution >= 4 is 5.97 Å². The lowest BCUT2D eigenvalue weighted by atomic mass is 10.2. The summed E-state index contributed by atoms with van der Waals surface area (Å²) in [6.45, 7) is -0.0907. The monoisotopic (exact) mass is 291 g/mol. The molecule has 5 nitrogen and oxygen atoms in total. The molecule has 0 amide bonds. The predicted molar refractivity (Wildman–Crippen MR) is 61.2 cm³/mol. The number of rotatable bonds is 3. The van der Waals surface area contributed by atoms with Crippen molar-refractivity contribution in [1.29, 1.82) is 0 Å². The second-order valence-corrected chi connectivity index (χ2v) is 4.57. The van der Waals surface area contributed by atoms with Crippen LogP contribution in [0.3, 0.4) is 0 Å². The van der Waals surface area contributed by atoms with Crippen LogP contribution in [0.15, 0.2) is 23.1 Å². The van der Waals surface area contributed by atoms with Gasteiger partial charge in [-0.2, -0.15) is 13.2 Å². The van der Waals surface area contributed by atoms with Crippen molar-refractivity contribution in [2.24, 2.45) is 0 Å². The number of hydrogen-bond donors (Lipinski definition) is 1. The van der Waals surface area contributed by atoms with Crippen LogP contribution in [-0.2, 0) is 22.3 Å². The fraction of sp³-hybridized carbons (Fsp3) is 0.500. The molecular formula is C12H12F3NO4. The van der Waals surface area contributed by atoms with Crippen LogP contribution in [0, 0.1) is 0 Å². The maximum Gasteiger partial charge on any atom is 0.417 e. The van der Waals surface area contributed by atoms with Crippen LogP contribution in [-0.4, -0.2) is 27.9 Å². The number of aliphatic carboxylic acids is 1. The predicted octanol–water partition coefficient (Wildman–Crippen LogP) is 1.50. The minimum atomic E-state index is -4.53. The standard InChI is InChI=1S/C12H12F3NO4/c13-12(14,15)7-1-4-10(17)16(5-7)6-8-2-3-9(20-8)11(18)19/h1,4-5,8-9H,2-3,6H2,(H,18,19). The molecule has 20 heavy (non-hydrogen) atoms. The van der Waals surface area contributed by atoms with Crippen molar-refractivity contribution in [2.75, 3.05) is 0 Å². The summed E-state index contributed by atoms with van der Waals surface area (Å²) in [5, 5.41) is 8.76. The minimum Gasteiger partial charge on any atom is -0.479 e. The first-order chi connectivity index (χ1) is 9.27. The zero-order valence-corrected chi connectivity index (χ0v) is 10.3. The molecule has 0 spiro atoms. The maximum atomic E-state index is 12.6. The highest BCUT2D eigenvalue weighted by atomic mass is 19.4. The molecular weight excluding hydrogens is 279 g/mol. The van der Waals surface area contributed by atoms with E-state index in [1.807, 2.05) is 0 Å². The molecule has 1 aliphatic heterocycles. The first-order valence-corrected chi connectivity index (χ1v) is 5.93. The second kappa shape index (κ2) is 5.28. The summed E-state index contributed by atoms with van der Waals surface area (Å²) in [7, 11) is 0. The van der Waals surface area contributed by atoms with E-state index in [4.69, 9.17) is 9.84 Å². The van der Waals surface area contributed by atoms with Gasteiger partial charge in [-0.1, -0.05) is 0 Å². The molecule has 2 unspecified atom stereocenters. The lowest BCUT2D eigenvalue weighted by Crippen LogP contribution is -2.28. The number of ether oxygens (including phenoxy) is 1. The largest absolute Gasteiger partial charge is 0.479 e. The van der Waals surface area contributed by atoms with Crippen LogP contribution < -0.4 is 5.56 Å². The number of pyridine rings is 1. The van der Waals surface area contributed by atoms with Gasteiger partial charge in [0, 0.05) is 12.3 Å². The van der Waals surface area contributed by atoms with Crippen LogP contribution in [0.4, 0.5) is 13.2 Å². The normalized spacial score (nSPS) is 22.9. The van der Waals surface area contributed by atoms with Crippen LogP contribution in [0.2, 0.25) is 0 Å². The van der Waals surface area contributed by atoms with Gasteiger partial charge in [0.15, 0.2) is 6.10 Å². The summed E-state index contributed by atoms with van der Waals surface area (Å²) in [6.07, 6.45) is -4.67. The second-order valence-electron chi connectivity index (χ2n) is 4.57. The third-order valence-electron chi connectivity index (χ3n) is 3.09. The summed E-state index contributed by atoms with van der Waals surface area (Å²) in [5.41, 5.74) is -1.51. The number of aromatic nitrogens is 1. The van der Waals surface area contributed by atoms with E-state index in [-0.39, 0.29) is 13.0 Å². The fourth-order valence-electron chi connectivity index (χ4n) is 2.08. The van der Waals surface area contributed by atoms with Crippen molar-refractivity contribution in [1.82, 2.24) is 4.57 Å². The highest BCUT2D eigenvalue weighted by molar-refractivity contribution is 5.72. The molecule has 2 atom stereocenters. The summed E-state index contributed by atoms with van der Waals surface area (Å²) >= 11 is 0. The number of carboxylic acids is 1. The number of halogens is 3. The van der Waals surface area contributed by atoms with Crippen molar-refractivity contribution in [3.8, 4) is 0 Å². The Balaban J connectivity index is 2.14. The van der Waals surface area contributed by atoms with Crippen molar-refractivity contribution in [2.45, 2.75) is 37.8 Å². The molecule has 0 aliphatic carbocycles. The third-order valence-corrected chi connectivity index (χ3v) is 3.09. The van der Waals surface area contributed by atoms with Crippen molar-refractivity contribution < 1.29 is 27.8 Å². The number of carboxylic acid groups (broad SMARTS) is 1. The fourth-order valence-corrected chi connectivity index (χ4v) is 2.08. The summed E-state index contributed by atoms with van der Waals surface area (Å²) in [5.74, 6) is -1.11. The quantitative estimate of drug-likeness (QED) is 0.916. The lowest BCUT2D eigenvalue weighted by Gasteiger charge is -2.15. The van der Waals surface area contributed by atoms with Gasteiger partial charge in [0.05, 0.1) is 18.2 Å². The molecule has 1 aliphatic rings. The SMILES string of the molecule is O=C(O)C1CCC(Cn2cc(C(F)(F)F)ccc2=O)O1. The number of hydrogen-bond acceptors (Lipinski definition) is 3. The van der Waals surface area contributed by atoms with Gasteiger partial charge in [-0.15, -0.1) is 0 Å². The molecule has 0 bridgehead atoms. The lowest BCUT2D eigenvalue weighted by molar-refractivity contribution is -0.149. The number of alkyl halides is 3. The van der Waals surface area contributed by atoms with Gasteiger partial charge in [0.25, 0.3) is 5.56 Å². The Morgan fingerprint density at radius 1 is 1.40 bits per heavy atom. The van der Waals surface area contributed by atoms with Gasteiger partial charge in [0.2, 0.25) is 0 Å². The van der Waals surface area contributed by atoms with E-state index in [1.54, 1.807) is 0 Å². The van der Waals surface area contributed by atoms with Gasteiger partial charge in [-0.3, -0.25) is 4.79 Å². The molecule has 1 aromatic heterocycles. The zero-order valence-electron chi connectivity index (χ0n) is 10.3. The van der Waals surface area contributed by atoms with E-state index in [1.165, 1.54) is 0 Å². The zero-order chi connectivity index (χ0) is 14.9. The van der Waals surface area contributed by atoms with E-state index in [9.17, 15) is 22.8 Å². The highest BCUT2D eigenvalue weighted by Crippen LogP contribution is 2.28. The van der Waals surface area contributed by atoms with Gasteiger partial charge < -0.3 is 14.4 Å². The van der Waals surface area contributed by atoms with Gasteiger partial charge >= 0.3 is 12.1 Å². The molecule has 0 aromatic carbocycles. The summed E-state index contributed by atoms with van der Waals surface area (Å²) in [4.78, 5) is 22.2. The van der Waals surface area contributed by atoms with Crippen molar-refractivity contribution in [3.63, 3.8) is 0 Å². The Labute approximate surface area is 111 Å². The molecule has 1 fully saturated rings. The molecule has 0 saturated carbocycles. The molecule has 110 valence electrons. The topological polar surface area (TPSA) is 68.5 Å². The Morgan fingerprint density at radius 3 is 2.65 bits per heavy atom. The average Bonchev–Trinajstić information content (AvgIpc) is 2.79. The van der Waals surface area contributed by atoms with Gasteiger partial charge in [-0.25, -0.2) is 4.79 Å². The van der Waals surface area contributed by atoms with Crippen LogP contribution in [0.5, 0.6) is 0 Å². The Kier molecular flexibility index (Phi) is 3.85. The van der Waals surface area contributed by atoms with Crippen molar-refractivity contribution in [3.05, 3.63) is 34.2 Å². The maximum absolute atomic E-state index is 12.6. The number of carbonyl (C=O) groups is 1. The van der Waals surface area contributed by atoms with Gasteiger partial charge in [0.1, 0.15) is 0 Å². The minimum absolute atomic E-state index is 0.0907. The van der Waals surface area contributed by atoms with E-state index in [2.05, 4.69) is 0 Å². The average molecular weight is 291 g/mol. The molecule has 2 rings (SSSR count). The highest BCUT2D eigenvalue weighted by Gasteiger charge is 2.33.